The van der Waals surface area contributed by atoms with Gasteiger partial charge in [-0.2, -0.15) is 4.31 Å². The highest BCUT2D eigenvalue weighted by atomic mass is 31.3. The molecule has 22 heteroatoms. The monoisotopic (exact) mass is 665 g/mol. The standard InChI is InChI=1S/C21H26N5O14P3/c22-19-16-20(24-10-23-19)26(11-25-16)21-18-17(37-15(38-18)8-12-4-2-1-3-5-12)13(36-21)9-35-42(31,32)40-43(33,34)39-41(29,30)7-6-14(27)28/h1-5,10-11,13,15,17-18,21H,6-9H2,(H,27,28)(H,29,30)(H,31,32)(H,33,34)(H2,22,23,24). The number of rotatable bonds is 13. The molecule has 8 atom stereocenters. The highest BCUT2D eigenvalue weighted by Crippen LogP contribution is 2.67. The number of hydrogen-bond acceptors (Lipinski definition) is 14. The van der Waals surface area contributed by atoms with Crippen LogP contribution in [0.3, 0.4) is 0 Å². The quantitative estimate of drug-likeness (QED) is 0.162. The number of fused-ring (bicyclic) bond motifs is 2. The van der Waals surface area contributed by atoms with Gasteiger partial charge < -0.3 is 39.7 Å². The Morgan fingerprint density at radius 2 is 1.70 bits per heavy atom. The molecule has 4 heterocycles. The molecular weight excluding hydrogens is 639 g/mol. The summed E-state index contributed by atoms with van der Waals surface area (Å²) in [5, 5.41) is 8.63. The van der Waals surface area contributed by atoms with E-state index < -0.39 is 79.2 Å². The maximum Gasteiger partial charge on any atom is 0.488 e. The zero-order valence-electron chi connectivity index (χ0n) is 21.8. The fourth-order valence-electron chi connectivity index (χ4n) is 4.49. The van der Waals surface area contributed by atoms with Crippen molar-refractivity contribution in [1.29, 1.82) is 0 Å². The number of benzene rings is 1. The van der Waals surface area contributed by atoms with Crippen LogP contribution in [0.2, 0.25) is 0 Å². The summed E-state index contributed by atoms with van der Waals surface area (Å²) < 4.78 is 69.4. The summed E-state index contributed by atoms with van der Waals surface area (Å²) in [6.45, 7) is -0.744. The first-order chi connectivity index (χ1) is 20.2. The molecule has 2 aromatic heterocycles. The molecule has 5 rings (SSSR count). The molecule has 0 radical (unpaired) electrons. The normalized spacial score (nSPS) is 27.7. The Labute approximate surface area is 242 Å². The Kier molecular flexibility index (Phi) is 9.17. The zero-order valence-corrected chi connectivity index (χ0v) is 24.5. The van der Waals surface area contributed by atoms with Crippen LogP contribution in [0.1, 0.15) is 18.2 Å². The largest absolute Gasteiger partial charge is 0.488 e. The summed E-state index contributed by atoms with van der Waals surface area (Å²) in [5.74, 6) is -1.37. The van der Waals surface area contributed by atoms with Crippen molar-refractivity contribution in [3.63, 3.8) is 0 Å². The van der Waals surface area contributed by atoms with E-state index >= 15 is 0 Å². The smallest absolute Gasteiger partial charge is 0.481 e. The van der Waals surface area contributed by atoms with E-state index in [9.17, 15) is 33.2 Å². The van der Waals surface area contributed by atoms with Gasteiger partial charge in [0.25, 0.3) is 0 Å². The van der Waals surface area contributed by atoms with E-state index in [0.29, 0.717) is 17.6 Å². The Bertz CT molecular complexity index is 1630. The van der Waals surface area contributed by atoms with Crippen LogP contribution >= 0.6 is 23.2 Å². The van der Waals surface area contributed by atoms with Gasteiger partial charge in [-0.25, -0.2) is 28.4 Å². The van der Waals surface area contributed by atoms with Gasteiger partial charge in [0, 0.05) is 6.42 Å². The highest BCUT2D eigenvalue weighted by Gasteiger charge is 2.54. The number of anilines is 1. The maximum absolute atomic E-state index is 12.5. The van der Waals surface area contributed by atoms with Crippen molar-refractivity contribution in [3.8, 4) is 0 Å². The number of imidazole rings is 1. The van der Waals surface area contributed by atoms with E-state index in [1.807, 2.05) is 30.3 Å². The molecule has 2 fully saturated rings. The molecule has 0 saturated carbocycles. The predicted octanol–water partition coefficient (Wildman–Crippen LogP) is 1.57. The lowest BCUT2D eigenvalue weighted by atomic mass is 10.1. The molecule has 2 saturated heterocycles. The molecule has 234 valence electrons. The fraction of sp³-hybridized carbons (Fsp3) is 0.429. The van der Waals surface area contributed by atoms with Crippen LogP contribution in [0.5, 0.6) is 0 Å². The topological polar surface area (TPSA) is 274 Å². The van der Waals surface area contributed by atoms with Gasteiger partial charge in [-0.1, -0.05) is 30.3 Å². The number of phosphoric ester groups is 1. The summed E-state index contributed by atoms with van der Waals surface area (Å²) in [5.41, 5.74) is 7.40. The molecule has 2 aliphatic rings. The lowest BCUT2D eigenvalue weighted by Gasteiger charge is -2.22. The van der Waals surface area contributed by atoms with Crippen molar-refractivity contribution in [1.82, 2.24) is 19.5 Å². The van der Waals surface area contributed by atoms with Gasteiger partial charge >= 0.3 is 29.2 Å². The Hall–Kier alpha value is -2.63. The van der Waals surface area contributed by atoms with Gasteiger partial charge in [-0.3, -0.25) is 18.5 Å². The SMILES string of the molecule is Nc1ncnc2c1ncn2C1OC(COP(=O)(O)OP(=O)(O)OP(=O)(O)CCC(=O)O)C2OC(Cc3ccccc3)OC21. The number of nitrogens with two attached hydrogens (primary N) is 1. The second-order valence-corrected chi connectivity index (χ2v) is 14.5. The van der Waals surface area contributed by atoms with E-state index in [1.165, 1.54) is 17.2 Å². The summed E-state index contributed by atoms with van der Waals surface area (Å²) in [6, 6.07) is 9.30. The maximum atomic E-state index is 12.5. The third-order valence-corrected chi connectivity index (χ3v) is 11.0. The lowest BCUT2D eigenvalue weighted by Crippen LogP contribution is -2.31. The lowest BCUT2D eigenvalue weighted by molar-refractivity contribution is -0.149. The summed E-state index contributed by atoms with van der Waals surface area (Å²) in [6.07, 6.45) is -3.49. The van der Waals surface area contributed by atoms with Gasteiger partial charge in [-0.15, -0.1) is 0 Å². The van der Waals surface area contributed by atoms with Gasteiger partial charge in [0.1, 0.15) is 30.2 Å². The van der Waals surface area contributed by atoms with E-state index in [4.69, 9.17) is 29.6 Å². The molecule has 0 bridgehead atoms. The Balaban J connectivity index is 1.30. The molecule has 0 amide bonds. The number of carboxylic acids is 1. The first-order valence-corrected chi connectivity index (χ1v) is 17.2. The minimum absolute atomic E-state index is 0.119. The van der Waals surface area contributed by atoms with Gasteiger partial charge in [-0.05, 0) is 5.56 Å². The van der Waals surface area contributed by atoms with Crippen molar-refractivity contribution in [3.05, 3.63) is 48.5 Å². The molecule has 43 heavy (non-hydrogen) atoms. The van der Waals surface area contributed by atoms with Gasteiger partial charge in [0.15, 0.2) is 24.0 Å². The van der Waals surface area contributed by atoms with E-state index in [-0.39, 0.29) is 5.82 Å². The van der Waals surface area contributed by atoms with Crippen LogP contribution in [0.15, 0.2) is 43.0 Å². The van der Waals surface area contributed by atoms with Crippen LogP contribution < -0.4 is 5.73 Å². The van der Waals surface area contributed by atoms with Crippen molar-refractivity contribution < 1.29 is 65.6 Å². The number of carbonyl (C=O) groups is 1. The molecule has 2 aliphatic heterocycles. The summed E-state index contributed by atoms with van der Waals surface area (Å²) in [4.78, 5) is 52.4. The summed E-state index contributed by atoms with van der Waals surface area (Å²) >= 11 is 0. The van der Waals surface area contributed by atoms with Gasteiger partial charge in [0.05, 0.1) is 25.5 Å². The molecule has 0 spiro atoms. The third kappa shape index (κ3) is 7.72. The second kappa shape index (κ2) is 12.4. The Morgan fingerprint density at radius 3 is 2.42 bits per heavy atom. The van der Waals surface area contributed by atoms with Crippen LogP contribution in [0.4, 0.5) is 5.82 Å². The number of nitrogens with zero attached hydrogens (tertiary/aromatic N) is 4. The molecule has 3 aromatic rings. The fourth-order valence-corrected chi connectivity index (χ4v) is 8.54. The van der Waals surface area contributed by atoms with Crippen molar-refractivity contribution >= 4 is 46.2 Å². The highest BCUT2D eigenvalue weighted by molar-refractivity contribution is 7.68. The minimum atomic E-state index is -5.69. The number of carboxylic acid groups (broad SMARTS) is 1. The Morgan fingerprint density at radius 1 is 0.977 bits per heavy atom. The molecule has 6 N–H and O–H groups in total. The molecule has 0 aliphatic carbocycles. The molecular formula is C21H26N5O14P3. The van der Waals surface area contributed by atoms with E-state index in [0.717, 1.165) is 5.56 Å². The molecule has 19 nitrogen and oxygen atoms in total. The molecule has 1 aromatic carbocycles. The van der Waals surface area contributed by atoms with Crippen molar-refractivity contribution in [2.24, 2.45) is 0 Å². The van der Waals surface area contributed by atoms with E-state index in [1.54, 1.807) is 0 Å². The average molecular weight is 665 g/mol. The van der Waals surface area contributed by atoms with Crippen molar-refractivity contribution in [2.45, 2.75) is 43.7 Å². The number of nitrogen functional groups attached to an aromatic ring is 1. The average Bonchev–Trinajstić information content (AvgIpc) is 3.60. The third-order valence-electron chi connectivity index (χ3n) is 6.26. The van der Waals surface area contributed by atoms with Crippen molar-refractivity contribution in [2.75, 3.05) is 18.5 Å². The number of phosphoric acid groups is 2. The molecule has 8 unspecified atom stereocenters. The first kappa shape index (κ1) is 31.8. The number of hydrogen-bond donors (Lipinski definition) is 5. The minimum Gasteiger partial charge on any atom is -0.481 e. The van der Waals surface area contributed by atoms with Crippen LogP contribution in [0.25, 0.3) is 11.2 Å². The zero-order chi connectivity index (χ0) is 31.0. The second-order valence-electron chi connectivity index (χ2n) is 9.37. The summed E-state index contributed by atoms with van der Waals surface area (Å²) in [7, 11) is -16.1. The van der Waals surface area contributed by atoms with Gasteiger partial charge in [0.2, 0.25) is 0 Å². The number of aromatic nitrogens is 4. The van der Waals surface area contributed by atoms with Crippen LogP contribution in [-0.2, 0) is 52.3 Å². The predicted molar refractivity (Wildman–Crippen MR) is 142 cm³/mol. The van der Waals surface area contributed by atoms with E-state index in [2.05, 4.69) is 23.6 Å². The first-order valence-electron chi connectivity index (χ1n) is 12.4. The van der Waals surface area contributed by atoms with Crippen LogP contribution in [0, 0.1) is 0 Å². The number of ether oxygens (including phenoxy) is 3. The van der Waals surface area contributed by atoms with Crippen LogP contribution in [-0.4, -0.2) is 82.6 Å². The number of aliphatic carboxylic acids is 1.